The number of methoxy groups -OCH3 is 1. The lowest BCUT2D eigenvalue weighted by Gasteiger charge is -2.25. The molecule has 0 spiro atoms. The van der Waals surface area contributed by atoms with E-state index in [1.54, 1.807) is 43.1 Å². The molecule has 1 aromatic heterocycles. The second-order valence-electron chi connectivity index (χ2n) is 6.45. The van der Waals surface area contributed by atoms with E-state index in [2.05, 4.69) is 10.3 Å². The number of pyridine rings is 1. The summed E-state index contributed by atoms with van der Waals surface area (Å²) >= 11 is 6.08. The van der Waals surface area contributed by atoms with Crippen LogP contribution in [0.25, 0.3) is 0 Å². The molecule has 1 unspecified atom stereocenters. The number of benzene rings is 1. The van der Waals surface area contributed by atoms with Crippen molar-refractivity contribution >= 4 is 23.4 Å². The molecule has 1 aliphatic heterocycles. The Morgan fingerprint density at radius 1 is 1.26 bits per heavy atom. The SMILES string of the molecule is CNC(=O)c1ccc(C2CCCN2C(=O)c2cc(Cl)ccc2OC)nc1C. The molecule has 1 atom stereocenters. The van der Waals surface area contributed by atoms with Gasteiger partial charge in [-0.2, -0.15) is 0 Å². The molecule has 1 saturated heterocycles. The van der Waals surface area contributed by atoms with E-state index >= 15 is 0 Å². The minimum atomic E-state index is -0.172. The molecule has 1 fully saturated rings. The average molecular weight is 388 g/mol. The highest BCUT2D eigenvalue weighted by Gasteiger charge is 2.33. The first-order valence-corrected chi connectivity index (χ1v) is 9.18. The largest absolute Gasteiger partial charge is 0.496 e. The fourth-order valence-electron chi connectivity index (χ4n) is 3.46. The maximum absolute atomic E-state index is 13.2. The van der Waals surface area contributed by atoms with Gasteiger partial charge in [0.25, 0.3) is 11.8 Å². The van der Waals surface area contributed by atoms with Crippen LogP contribution in [0.5, 0.6) is 5.75 Å². The molecule has 7 heteroatoms. The monoisotopic (exact) mass is 387 g/mol. The molecule has 6 nitrogen and oxygen atoms in total. The summed E-state index contributed by atoms with van der Waals surface area (Å²) in [5.74, 6) is 0.190. The van der Waals surface area contributed by atoms with Gasteiger partial charge in [-0.3, -0.25) is 14.6 Å². The van der Waals surface area contributed by atoms with E-state index in [0.717, 1.165) is 18.5 Å². The van der Waals surface area contributed by atoms with Crippen LogP contribution >= 0.6 is 11.6 Å². The summed E-state index contributed by atoms with van der Waals surface area (Å²) in [4.78, 5) is 31.4. The molecule has 2 heterocycles. The Hall–Kier alpha value is -2.60. The predicted octanol–water partition coefficient (Wildman–Crippen LogP) is 3.39. The molecule has 0 bridgehead atoms. The smallest absolute Gasteiger partial charge is 0.258 e. The highest BCUT2D eigenvalue weighted by atomic mass is 35.5. The van der Waals surface area contributed by atoms with Crippen LogP contribution in [0, 0.1) is 6.92 Å². The van der Waals surface area contributed by atoms with E-state index in [1.807, 2.05) is 6.07 Å². The van der Waals surface area contributed by atoms with Gasteiger partial charge in [-0.15, -0.1) is 0 Å². The Bertz CT molecular complexity index is 885. The van der Waals surface area contributed by atoms with Gasteiger partial charge in [-0.05, 0) is 50.1 Å². The van der Waals surface area contributed by atoms with Crippen molar-refractivity contribution in [3.63, 3.8) is 0 Å². The van der Waals surface area contributed by atoms with Crippen molar-refractivity contribution in [2.45, 2.75) is 25.8 Å². The Balaban J connectivity index is 1.92. The summed E-state index contributed by atoms with van der Waals surface area (Å²) in [6.45, 7) is 2.44. The van der Waals surface area contributed by atoms with E-state index in [1.165, 1.54) is 7.11 Å². The Labute approximate surface area is 163 Å². The second-order valence-corrected chi connectivity index (χ2v) is 6.89. The van der Waals surface area contributed by atoms with Gasteiger partial charge in [0, 0.05) is 18.6 Å². The van der Waals surface area contributed by atoms with Gasteiger partial charge < -0.3 is 15.0 Å². The first kappa shape index (κ1) is 19.2. The zero-order valence-electron chi connectivity index (χ0n) is 15.6. The van der Waals surface area contributed by atoms with Gasteiger partial charge in [0.1, 0.15) is 5.75 Å². The van der Waals surface area contributed by atoms with E-state index in [-0.39, 0.29) is 17.9 Å². The molecule has 1 aromatic carbocycles. The van der Waals surface area contributed by atoms with E-state index in [9.17, 15) is 9.59 Å². The molecule has 142 valence electrons. The van der Waals surface area contributed by atoms with Crippen molar-refractivity contribution in [1.29, 1.82) is 0 Å². The lowest BCUT2D eigenvalue weighted by atomic mass is 10.1. The first-order valence-electron chi connectivity index (χ1n) is 8.80. The minimum Gasteiger partial charge on any atom is -0.496 e. The van der Waals surface area contributed by atoms with Gasteiger partial charge in [-0.1, -0.05) is 11.6 Å². The average Bonchev–Trinajstić information content (AvgIpc) is 3.16. The van der Waals surface area contributed by atoms with Crippen LogP contribution in [0.4, 0.5) is 0 Å². The van der Waals surface area contributed by atoms with Crippen LogP contribution in [-0.4, -0.2) is 42.4 Å². The summed E-state index contributed by atoms with van der Waals surface area (Å²) < 4.78 is 5.33. The van der Waals surface area contributed by atoms with Gasteiger partial charge >= 0.3 is 0 Å². The number of aryl methyl sites for hydroxylation is 1. The maximum atomic E-state index is 13.2. The third-order valence-electron chi connectivity index (χ3n) is 4.83. The second kappa shape index (κ2) is 7.96. The van der Waals surface area contributed by atoms with Gasteiger partial charge in [0.15, 0.2) is 0 Å². The molecule has 0 saturated carbocycles. The molecular formula is C20H22ClN3O3. The van der Waals surface area contributed by atoms with Crippen LogP contribution in [0.1, 0.15) is 51.0 Å². The number of nitrogens with zero attached hydrogens (tertiary/aromatic N) is 2. The number of rotatable bonds is 4. The van der Waals surface area contributed by atoms with Crippen LogP contribution in [-0.2, 0) is 0 Å². The molecule has 2 aromatic rings. The molecule has 27 heavy (non-hydrogen) atoms. The molecular weight excluding hydrogens is 366 g/mol. The number of amides is 2. The summed E-state index contributed by atoms with van der Waals surface area (Å²) in [6, 6.07) is 8.47. The van der Waals surface area contributed by atoms with Crippen LogP contribution < -0.4 is 10.1 Å². The normalized spacial score (nSPS) is 16.3. The fraction of sp³-hybridized carbons (Fsp3) is 0.350. The minimum absolute atomic E-state index is 0.133. The molecule has 3 rings (SSSR count). The maximum Gasteiger partial charge on any atom is 0.258 e. The molecule has 2 amide bonds. The molecule has 1 N–H and O–H groups in total. The lowest BCUT2D eigenvalue weighted by molar-refractivity contribution is 0.0729. The van der Waals surface area contributed by atoms with E-state index in [0.29, 0.717) is 34.1 Å². The molecule has 1 aliphatic rings. The Kier molecular flexibility index (Phi) is 5.65. The van der Waals surface area contributed by atoms with E-state index in [4.69, 9.17) is 16.3 Å². The number of hydrogen-bond donors (Lipinski definition) is 1. The number of hydrogen-bond acceptors (Lipinski definition) is 4. The van der Waals surface area contributed by atoms with Crippen LogP contribution in [0.2, 0.25) is 5.02 Å². The highest BCUT2D eigenvalue weighted by molar-refractivity contribution is 6.31. The van der Waals surface area contributed by atoms with Gasteiger partial charge in [0.2, 0.25) is 0 Å². The Morgan fingerprint density at radius 3 is 2.70 bits per heavy atom. The molecule has 0 aliphatic carbocycles. The number of carbonyl (C=O) groups is 2. The predicted molar refractivity (Wildman–Crippen MR) is 103 cm³/mol. The number of carbonyl (C=O) groups excluding carboxylic acids is 2. The number of aromatic nitrogens is 1. The van der Waals surface area contributed by atoms with Crippen molar-refractivity contribution in [2.75, 3.05) is 20.7 Å². The van der Waals surface area contributed by atoms with Crippen molar-refractivity contribution < 1.29 is 14.3 Å². The molecule has 0 radical (unpaired) electrons. The number of nitrogens with one attached hydrogen (secondary N) is 1. The number of halogens is 1. The van der Waals surface area contributed by atoms with Gasteiger partial charge in [-0.25, -0.2) is 0 Å². The zero-order chi connectivity index (χ0) is 19.6. The third-order valence-corrected chi connectivity index (χ3v) is 5.06. The number of ether oxygens (including phenoxy) is 1. The van der Waals surface area contributed by atoms with E-state index < -0.39 is 0 Å². The van der Waals surface area contributed by atoms with Crippen LogP contribution in [0.15, 0.2) is 30.3 Å². The fourth-order valence-corrected chi connectivity index (χ4v) is 3.63. The number of likely N-dealkylation sites (tertiary alicyclic amines) is 1. The first-order chi connectivity index (χ1) is 13.0. The van der Waals surface area contributed by atoms with Crippen molar-refractivity contribution in [2.24, 2.45) is 0 Å². The topological polar surface area (TPSA) is 71.5 Å². The summed E-state index contributed by atoms with van der Waals surface area (Å²) in [7, 11) is 3.12. The lowest BCUT2D eigenvalue weighted by Crippen LogP contribution is -2.31. The zero-order valence-corrected chi connectivity index (χ0v) is 16.3. The third kappa shape index (κ3) is 3.76. The van der Waals surface area contributed by atoms with Crippen molar-refractivity contribution in [3.8, 4) is 5.75 Å². The van der Waals surface area contributed by atoms with Crippen LogP contribution in [0.3, 0.4) is 0 Å². The van der Waals surface area contributed by atoms with Crippen molar-refractivity contribution in [3.05, 3.63) is 57.9 Å². The van der Waals surface area contributed by atoms with Crippen molar-refractivity contribution in [1.82, 2.24) is 15.2 Å². The summed E-state index contributed by atoms with van der Waals surface area (Å²) in [6.07, 6.45) is 1.71. The highest BCUT2D eigenvalue weighted by Crippen LogP contribution is 2.34. The summed E-state index contributed by atoms with van der Waals surface area (Å²) in [5.41, 5.74) is 2.41. The Morgan fingerprint density at radius 2 is 2.04 bits per heavy atom. The summed E-state index contributed by atoms with van der Waals surface area (Å²) in [5, 5.41) is 3.09. The van der Waals surface area contributed by atoms with Gasteiger partial charge in [0.05, 0.1) is 35.7 Å². The quantitative estimate of drug-likeness (QED) is 0.872. The standard InChI is InChI=1S/C20H22ClN3O3/c1-12-14(19(25)22-2)7-8-16(23-12)17-5-4-10-24(17)20(26)15-11-13(21)6-9-18(15)27-3/h6-9,11,17H,4-5,10H2,1-3H3,(H,22,25).